The summed E-state index contributed by atoms with van der Waals surface area (Å²) in [5.74, 6) is 1.61. The first-order valence-corrected chi connectivity index (χ1v) is 15.7. The summed E-state index contributed by atoms with van der Waals surface area (Å²) in [7, 11) is 0. The summed E-state index contributed by atoms with van der Waals surface area (Å²) in [4.78, 5) is 0. The first kappa shape index (κ1) is 21.3. The van der Waals surface area contributed by atoms with E-state index in [1.165, 1.54) is 0 Å². The number of fused-ring (bicyclic) bond motifs is 7. The fourth-order valence-electron chi connectivity index (χ4n) is 5.92. The summed E-state index contributed by atoms with van der Waals surface area (Å²) in [5, 5.41) is 1.44. The number of hydrogen-bond donors (Lipinski definition) is 0. The molecule has 0 spiro atoms. The third-order valence-electron chi connectivity index (χ3n) is 7.33. The molecule has 0 bridgehead atoms. The number of nitrogens with zero attached hydrogens (tertiary/aromatic N) is 2. The molecule has 6 aromatic rings. The number of para-hydroxylation sites is 2. The second-order valence-corrected chi connectivity index (χ2v) is 13.3. The van der Waals surface area contributed by atoms with E-state index in [0.29, 0.717) is 11.1 Å². The van der Waals surface area contributed by atoms with E-state index in [1.54, 1.807) is 30.3 Å². The van der Waals surface area contributed by atoms with Gasteiger partial charge in [-0.25, -0.2) is 0 Å². The predicted octanol–water partition coefficient (Wildman–Crippen LogP) is 7.22. The average Bonchev–Trinajstić information content (AvgIpc) is 3.27. The van der Waals surface area contributed by atoms with E-state index in [-0.39, 0.29) is 10.3 Å². The second kappa shape index (κ2) is 7.58. The molecular formula is C30H18BF2IN2O. The second-order valence-electron chi connectivity index (χ2n) is 9.30. The van der Waals surface area contributed by atoms with Crippen molar-refractivity contribution < 1.29 is 10.5 Å². The van der Waals surface area contributed by atoms with E-state index in [0.717, 1.165) is 50.0 Å². The molecule has 0 aliphatic carbocycles. The molecule has 0 saturated heterocycles. The maximum atomic E-state index is 16.1. The van der Waals surface area contributed by atoms with Crippen molar-refractivity contribution in [1.29, 1.82) is 0 Å². The molecule has 2 aliphatic heterocycles. The quantitative estimate of drug-likeness (QED) is 0.153. The van der Waals surface area contributed by atoms with Crippen LogP contribution in [0.4, 0.5) is 11.4 Å². The van der Waals surface area contributed by atoms with Crippen LogP contribution in [0.15, 0.2) is 112 Å². The minimum atomic E-state index is -5.74. The third-order valence-corrected chi connectivity index (χ3v) is 10.8. The molecule has 0 N–H and O–H groups in total. The Morgan fingerprint density at radius 2 is 1.46 bits per heavy atom. The molecule has 0 fully saturated rings. The van der Waals surface area contributed by atoms with Gasteiger partial charge in [0.05, 0.1) is 0 Å². The number of ether oxygens (including phenoxy) is 1. The normalized spacial score (nSPS) is 13.7. The third kappa shape index (κ3) is 2.91. The molecule has 0 atom stereocenters. The monoisotopic (exact) mass is 598 g/mol. The SMILES string of the molecule is FI(F)(=Nc1ccccc1)c1ccc2c3c1c1ccccc1n3-c1cccc3c1B2c1ccccc1O3. The zero-order chi connectivity index (χ0) is 24.7. The molecule has 37 heavy (non-hydrogen) atoms. The van der Waals surface area contributed by atoms with Crippen LogP contribution in [0.3, 0.4) is 0 Å². The van der Waals surface area contributed by atoms with Gasteiger partial charge < -0.3 is 0 Å². The molecule has 178 valence electrons. The molecule has 3 nitrogen and oxygen atoms in total. The molecule has 2 aliphatic rings. The Morgan fingerprint density at radius 1 is 0.703 bits per heavy atom. The van der Waals surface area contributed by atoms with Crippen LogP contribution in [0, 0.1) is 3.57 Å². The van der Waals surface area contributed by atoms with Crippen LogP contribution >= 0.6 is 19.4 Å². The average molecular weight is 598 g/mol. The fourth-order valence-corrected chi connectivity index (χ4v) is 9.01. The maximum absolute atomic E-state index is 16.1. The van der Waals surface area contributed by atoms with Gasteiger partial charge in [0.15, 0.2) is 0 Å². The van der Waals surface area contributed by atoms with E-state index in [2.05, 4.69) is 19.8 Å². The van der Waals surface area contributed by atoms with Gasteiger partial charge >= 0.3 is 218 Å². The van der Waals surface area contributed by atoms with Gasteiger partial charge in [0.2, 0.25) is 0 Å². The molecule has 1 aromatic heterocycles. The summed E-state index contributed by atoms with van der Waals surface area (Å²) in [6, 6.07) is 34.0. The van der Waals surface area contributed by atoms with Gasteiger partial charge in [0, 0.05) is 0 Å². The molecule has 5 aromatic carbocycles. The van der Waals surface area contributed by atoms with Gasteiger partial charge in [-0.1, -0.05) is 0 Å². The molecule has 0 amide bonds. The minimum absolute atomic E-state index is 0.0874. The van der Waals surface area contributed by atoms with Gasteiger partial charge in [0.1, 0.15) is 0 Å². The number of halogens is 3. The van der Waals surface area contributed by atoms with Crippen LogP contribution in [0.5, 0.6) is 11.5 Å². The fraction of sp³-hybridized carbons (Fsp3) is 0. The van der Waals surface area contributed by atoms with Gasteiger partial charge in [-0.15, -0.1) is 0 Å². The Kier molecular flexibility index (Phi) is 4.36. The van der Waals surface area contributed by atoms with E-state index in [1.807, 2.05) is 66.7 Å². The van der Waals surface area contributed by atoms with Crippen molar-refractivity contribution in [2.24, 2.45) is 3.15 Å². The first-order chi connectivity index (χ1) is 18.1. The summed E-state index contributed by atoms with van der Waals surface area (Å²) < 4.78 is 44.9. The van der Waals surface area contributed by atoms with Crippen LogP contribution in [0.1, 0.15) is 0 Å². The van der Waals surface area contributed by atoms with Crippen molar-refractivity contribution in [2.75, 3.05) is 0 Å². The topological polar surface area (TPSA) is 26.5 Å². The molecule has 0 radical (unpaired) electrons. The number of benzene rings is 5. The van der Waals surface area contributed by atoms with Crippen molar-refractivity contribution in [2.45, 2.75) is 0 Å². The van der Waals surface area contributed by atoms with Gasteiger partial charge in [-0.2, -0.15) is 0 Å². The van der Waals surface area contributed by atoms with Gasteiger partial charge in [-0.05, 0) is 0 Å². The van der Waals surface area contributed by atoms with E-state index in [9.17, 15) is 0 Å². The Balaban J connectivity index is 1.54. The van der Waals surface area contributed by atoms with Crippen LogP contribution in [0.2, 0.25) is 0 Å². The summed E-state index contributed by atoms with van der Waals surface area (Å²) in [6.07, 6.45) is 0. The Labute approximate surface area is 217 Å². The molecule has 3 heterocycles. The van der Waals surface area contributed by atoms with Gasteiger partial charge in [-0.3, -0.25) is 0 Å². The molecule has 8 rings (SSSR count). The van der Waals surface area contributed by atoms with E-state index in [4.69, 9.17) is 4.74 Å². The van der Waals surface area contributed by atoms with Crippen molar-refractivity contribution in [1.82, 2.24) is 4.57 Å². The summed E-state index contributed by atoms with van der Waals surface area (Å²) in [5.41, 5.74) is 6.20. The van der Waals surface area contributed by atoms with Crippen molar-refractivity contribution in [3.8, 4) is 17.2 Å². The molecule has 0 saturated carbocycles. The van der Waals surface area contributed by atoms with Gasteiger partial charge in [0.25, 0.3) is 0 Å². The van der Waals surface area contributed by atoms with Crippen LogP contribution < -0.4 is 21.1 Å². The Morgan fingerprint density at radius 3 is 2.35 bits per heavy atom. The summed E-state index contributed by atoms with van der Waals surface area (Å²) in [6.45, 7) is -0.101. The Bertz CT molecular complexity index is 1960. The standard InChI is InChI=1S/C30H18BF2IN2O/c32-34(33,35-19-9-2-1-3-10-19)23-18-17-22-30-28(23)20-11-4-6-13-24(20)36(30)25-14-8-16-27-29(25)31(22)21-12-5-7-15-26(21)37-27/h1-18H. The van der Waals surface area contributed by atoms with Crippen molar-refractivity contribution >= 4 is 70.0 Å². The van der Waals surface area contributed by atoms with Crippen molar-refractivity contribution in [3.63, 3.8) is 0 Å². The molecular weight excluding hydrogens is 580 g/mol. The molecule has 7 heteroatoms. The zero-order valence-electron chi connectivity index (χ0n) is 19.4. The van der Waals surface area contributed by atoms with E-state index < -0.39 is 19.4 Å². The number of hydrogen-bond acceptors (Lipinski definition) is 2. The van der Waals surface area contributed by atoms with Crippen LogP contribution in [0.25, 0.3) is 27.5 Å². The number of rotatable bonds is 2. The summed E-state index contributed by atoms with van der Waals surface area (Å²) >= 11 is -5.74. The first-order valence-electron chi connectivity index (χ1n) is 12.0. The predicted molar refractivity (Wildman–Crippen MR) is 155 cm³/mol. The van der Waals surface area contributed by atoms with E-state index >= 15 is 5.72 Å². The van der Waals surface area contributed by atoms with Crippen LogP contribution in [-0.4, -0.2) is 11.3 Å². The van der Waals surface area contributed by atoms with Crippen molar-refractivity contribution in [3.05, 3.63) is 113 Å². The zero-order valence-corrected chi connectivity index (χ0v) is 21.6. The number of aromatic nitrogens is 1. The molecule has 0 unspecified atom stereocenters. The Hall–Kier alpha value is -3.85. The van der Waals surface area contributed by atoms with Crippen LogP contribution in [-0.2, 0) is 0 Å².